The highest BCUT2D eigenvalue weighted by Gasteiger charge is 2.24. The molecule has 0 aliphatic carbocycles. The van der Waals surface area contributed by atoms with Crippen LogP contribution >= 0.6 is 23.5 Å². The second-order valence-corrected chi connectivity index (χ2v) is 9.28. The Morgan fingerprint density at radius 1 is 1.17 bits per heavy atom. The monoisotopic (exact) mass is 525 g/mol. The summed E-state index contributed by atoms with van der Waals surface area (Å²) in [6.07, 6.45) is 6.34. The highest BCUT2D eigenvalue weighted by Crippen LogP contribution is 2.29. The lowest BCUT2D eigenvalue weighted by Gasteiger charge is -2.28. The molecule has 0 aliphatic heterocycles. The Morgan fingerprint density at radius 3 is 2.57 bits per heavy atom. The minimum atomic E-state index is -0.555. The SMILES string of the molecule is CCCCCCOc1nsnc1/C(=C/CCO)CN(C)C(OC(=O)SCC)c1ccccc1.CO. The number of hydrogen-bond donors (Lipinski definition) is 2. The van der Waals surface area contributed by atoms with E-state index in [-0.39, 0.29) is 11.9 Å². The number of aromatic nitrogens is 2. The van der Waals surface area contributed by atoms with Gasteiger partial charge in [-0.25, -0.2) is 4.79 Å². The summed E-state index contributed by atoms with van der Waals surface area (Å²) >= 11 is 2.25. The number of thioether (sulfide) groups is 1. The first-order valence-electron chi connectivity index (χ1n) is 11.9. The van der Waals surface area contributed by atoms with E-state index in [0.29, 0.717) is 36.9 Å². The number of carbonyl (C=O) groups excluding carboxylic acids is 1. The van der Waals surface area contributed by atoms with Crippen molar-refractivity contribution in [2.24, 2.45) is 0 Å². The predicted octanol–water partition coefficient (Wildman–Crippen LogP) is 5.39. The van der Waals surface area contributed by atoms with E-state index >= 15 is 0 Å². The fourth-order valence-electron chi connectivity index (χ4n) is 3.27. The molecule has 10 heteroatoms. The molecule has 35 heavy (non-hydrogen) atoms. The zero-order valence-electron chi connectivity index (χ0n) is 21.2. The highest BCUT2D eigenvalue weighted by atomic mass is 32.2. The molecule has 196 valence electrons. The molecule has 0 saturated carbocycles. The molecule has 1 aromatic carbocycles. The van der Waals surface area contributed by atoms with Crippen molar-refractivity contribution in [3.05, 3.63) is 47.7 Å². The number of aliphatic hydroxyl groups is 2. The van der Waals surface area contributed by atoms with E-state index in [9.17, 15) is 9.90 Å². The van der Waals surface area contributed by atoms with Gasteiger partial charge in [-0.2, -0.15) is 4.37 Å². The summed E-state index contributed by atoms with van der Waals surface area (Å²) in [4.78, 5) is 14.2. The maximum absolute atomic E-state index is 12.3. The van der Waals surface area contributed by atoms with Crippen LogP contribution in [0.5, 0.6) is 5.88 Å². The summed E-state index contributed by atoms with van der Waals surface area (Å²) in [6, 6.07) is 9.66. The molecule has 1 atom stereocenters. The van der Waals surface area contributed by atoms with E-state index in [1.54, 1.807) is 0 Å². The number of likely N-dealkylation sites (N-methyl/N-ethyl adjacent to an activating group) is 1. The van der Waals surface area contributed by atoms with Crippen LogP contribution in [0.15, 0.2) is 36.4 Å². The van der Waals surface area contributed by atoms with Gasteiger partial charge in [-0.05, 0) is 37.2 Å². The Labute approximate surface area is 217 Å². The molecule has 2 aromatic rings. The van der Waals surface area contributed by atoms with Crippen molar-refractivity contribution in [2.45, 2.75) is 52.2 Å². The molecule has 0 amide bonds. The van der Waals surface area contributed by atoms with Gasteiger partial charge in [0.15, 0.2) is 6.23 Å². The smallest absolute Gasteiger partial charge is 0.369 e. The average molecular weight is 526 g/mol. The van der Waals surface area contributed by atoms with Gasteiger partial charge >= 0.3 is 5.30 Å². The zero-order valence-corrected chi connectivity index (χ0v) is 22.8. The first kappa shape index (κ1) is 31.1. The van der Waals surface area contributed by atoms with Gasteiger partial charge in [0.25, 0.3) is 5.88 Å². The number of unbranched alkanes of at least 4 members (excludes halogenated alkanes) is 3. The topological polar surface area (TPSA) is 105 Å². The van der Waals surface area contributed by atoms with Crippen LogP contribution in [0.3, 0.4) is 0 Å². The van der Waals surface area contributed by atoms with Gasteiger partial charge in [-0.1, -0.05) is 69.5 Å². The third kappa shape index (κ3) is 11.5. The van der Waals surface area contributed by atoms with Gasteiger partial charge in [-0.3, -0.25) is 4.90 Å². The molecule has 0 radical (unpaired) electrons. The van der Waals surface area contributed by atoms with E-state index in [0.717, 1.165) is 54.6 Å². The van der Waals surface area contributed by atoms with Crippen LogP contribution in [-0.4, -0.2) is 68.8 Å². The van der Waals surface area contributed by atoms with Crippen LogP contribution in [0.4, 0.5) is 4.79 Å². The number of nitrogens with zero attached hydrogens (tertiary/aromatic N) is 3. The molecular formula is C25H39N3O5S2. The molecular weight excluding hydrogens is 486 g/mol. The van der Waals surface area contributed by atoms with E-state index < -0.39 is 6.23 Å². The lowest BCUT2D eigenvalue weighted by atomic mass is 10.1. The summed E-state index contributed by atoms with van der Waals surface area (Å²) in [5.41, 5.74) is 2.44. The lowest BCUT2D eigenvalue weighted by molar-refractivity contribution is 0.0203. The first-order chi connectivity index (χ1) is 17.1. The number of aliphatic hydroxyl groups excluding tert-OH is 2. The summed E-state index contributed by atoms with van der Waals surface area (Å²) in [7, 11) is 2.90. The van der Waals surface area contributed by atoms with Crippen LogP contribution in [0, 0.1) is 0 Å². The van der Waals surface area contributed by atoms with Crippen molar-refractivity contribution < 1.29 is 24.5 Å². The van der Waals surface area contributed by atoms with Gasteiger partial charge in [-0.15, -0.1) is 4.37 Å². The van der Waals surface area contributed by atoms with Crippen molar-refractivity contribution in [3.8, 4) is 5.88 Å². The lowest BCUT2D eigenvalue weighted by Crippen LogP contribution is -2.29. The number of benzene rings is 1. The van der Waals surface area contributed by atoms with Crippen molar-refractivity contribution in [2.75, 3.05) is 39.7 Å². The Bertz CT molecular complexity index is 849. The van der Waals surface area contributed by atoms with Crippen LogP contribution < -0.4 is 4.74 Å². The van der Waals surface area contributed by atoms with Crippen LogP contribution in [0.25, 0.3) is 5.57 Å². The third-order valence-electron chi connectivity index (χ3n) is 4.89. The van der Waals surface area contributed by atoms with Crippen LogP contribution in [-0.2, 0) is 4.74 Å². The molecule has 1 aromatic heterocycles. The second-order valence-electron chi connectivity index (χ2n) is 7.55. The fraction of sp³-hybridized carbons (Fsp3) is 0.560. The number of ether oxygens (including phenoxy) is 2. The molecule has 2 rings (SSSR count). The Kier molecular flexibility index (Phi) is 17.1. The summed E-state index contributed by atoms with van der Waals surface area (Å²) in [5.74, 6) is 1.17. The summed E-state index contributed by atoms with van der Waals surface area (Å²) in [6.45, 7) is 5.17. The molecule has 0 fully saturated rings. The molecule has 2 N–H and O–H groups in total. The van der Waals surface area contributed by atoms with Crippen molar-refractivity contribution in [1.82, 2.24) is 13.6 Å². The van der Waals surface area contributed by atoms with Gasteiger partial charge in [0.1, 0.15) is 5.69 Å². The van der Waals surface area contributed by atoms with Crippen molar-refractivity contribution in [3.63, 3.8) is 0 Å². The van der Waals surface area contributed by atoms with Crippen molar-refractivity contribution in [1.29, 1.82) is 0 Å². The minimum absolute atomic E-state index is 0.0300. The molecule has 0 saturated heterocycles. The minimum Gasteiger partial charge on any atom is -0.475 e. The van der Waals surface area contributed by atoms with Crippen LogP contribution in [0.2, 0.25) is 0 Å². The molecule has 1 heterocycles. The molecule has 0 spiro atoms. The quantitative estimate of drug-likeness (QED) is 0.180. The van der Waals surface area contributed by atoms with E-state index in [2.05, 4.69) is 15.7 Å². The highest BCUT2D eigenvalue weighted by molar-refractivity contribution is 8.13. The van der Waals surface area contributed by atoms with Gasteiger partial charge in [0.2, 0.25) is 0 Å². The summed E-state index contributed by atoms with van der Waals surface area (Å²) in [5, 5.41) is 16.1. The number of hydrogen-bond acceptors (Lipinski definition) is 10. The fourth-order valence-corrected chi connectivity index (χ4v) is 4.19. The molecule has 0 aliphatic rings. The number of rotatable bonds is 15. The average Bonchev–Trinajstić information content (AvgIpc) is 3.35. The Hall–Kier alpha value is -1.98. The zero-order chi connectivity index (χ0) is 25.9. The molecule has 0 bridgehead atoms. The van der Waals surface area contributed by atoms with E-state index in [1.165, 1.54) is 12.8 Å². The van der Waals surface area contributed by atoms with Crippen LogP contribution in [0.1, 0.15) is 63.4 Å². The molecule has 8 nitrogen and oxygen atoms in total. The van der Waals surface area contributed by atoms with E-state index in [1.807, 2.05) is 55.3 Å². The maximum atomic E-state index is 12.3. The van der Waals surface area contributed by atoms with Crippen molar-refractivity contribution >= 4 is 34.4 Å². The Balaban J connectivity index is 0.00000298. The van der Waals surface area contributed by atoms with Gasteiger partial charge in [0.05, 0.1) is 18.3 Å². The second kappa shape index (κ2) is 19.2. The summed E-state index contributed by atoms with van der Waals surface area (Å²) < 4.78 is 20.6. The largest absolute Gasteiger partial charge is 0.475 e. The standard InChI is InChI=1S/C24H35N3O4S2.CH4O/c1-4-6-7-11-17-30-22-21(25-33-26-22)20(15-12-16-28)18-27(3)23(31-24(29)32-5-2)19-13-9-8-10-14-19;1-2/h8-10,13-15,23,28H,4-7,11-12,16-18H2,1-3H3;2H,1H3/b20-15+;. The van der Waals surface area contributed by atoms with Gasteiger partial charge in [0, 0.05) is 31.6 Å². The van der Waals surface area contributed by atoms with E-state index in [4.69, 9.17) is 14.6 Å². The van der Waals surface area contributed by atoms with Gasteiger partial charge < -0.3 is 19.7 Å². The Morgan fingerprint density at radius 2 is 1.91 bits per heavy atom. The first-order valence-corrected chi connectivity index (χ1v) is 13.6. The number of carbonyl (C=O) groups is 1. The maximum Gasteiger partial charge on any atom is 0.369 e. The predicted molar refractivity (Wildman–Crippen MR) is 144 cm³/mol. The third-order valence-corrected chi connectivity index (χ3v) is 6.03. The molecule has 1 unspecified atom stereocenters. The normalized spacial score (nSPS) is 12.1.